The Bertz CT molecular complexity index is 459. The smallest absolute Gasteiger partial charge is 0.254 e. The fourth-order valence-electron chi connectivity index (χ4n) is 1.99. The minimum absolute atomic E-state index is 0.0139. The Kier molecular flexibility index (Phi) is 5.00. The van der Waals surface area contributed by atoms with Crippen molar-refractivity contribution in [2.24, 2.45) is 5.92 Å². The van der Waals surface area contributed by atoms with Crippen LogP contribution in [-0.4, -0.2) is 23.2 Å². The molecule has 1 unspecified atom stereocenters. The molecule has 0 fully saturated rings. The highest BCUT2D eigenvalue weighted by molar-refractivity contribution is 5.94. The van der Waals surface area contributed by atoms with Gasteiger partial charge in [0.2, 0.25) is 0 Å². The maximum absolute atomic E-state index is 13.4. The molecule has 0 aliphatic carbocycles. The molecule has 1 aromatic rings. The molecule has 0 saturated carbocycles. The zero-order valence-corrected chi connectivity index (χ0v) is 11.3. The molecule has 0 saturated heterocycles. The van der Waals surface area contributed by atoms with Gasteiger partial charge in [-0.2, -0.15) is 0 Å². The molecule has 106 valence electrons. The third-order valence-corrected chi connectivity index (χ3v) is 2.65. The number of carbonyl (C=O) groups is 1. The molecular formula is C14H19F2NO2. The van der Waals surface area contributed by atoms with E-state index in [1.54, 1.807) is 6.92 Å². The monoisotopic (exact) mass is 271 g/mol. The van der Waals surface area contributed by atoms with Crippen molar-refractivity contribution < 1.29 is 18.7 Å². The number of aliphatic hydroxyl groups is 1. The van der Waals surface area contributed by atoms with E-state index in [1.807, 2.05) is 13.8 Å². The van der Waals surface area contributed by atoms with Gasteiger partial charge in [-0.1, -0.05) is 13.8 Å². The molecule has 0 aliphatic rings. The lowest BCUT2D eigenvalue weighted by Crippen LogP contribution is -2.41. The van der Waals surface area contributed by atoms with Gasteiger partial charge in [0, 0.05) is 6.54 Å². The first kappa shape index (κ1) is 15.6. The van der Waals surface area contributed by atoms with Gasteiger partial charge >= 0.3 is 0 Å². The maximum atomic E-state index is 13.4. The minimum Gasteiger partial charge on any atom is -0.388 e. The third-order valence-electron chi connectivity index (χ3n) is 2.65. The average Bonchev–Trinajstić information content (AvgIpc) is 2.27. The van der Waals surface area contributed by atoms with Crippen LogP contribution < -0.4 is 5.32 Å². The van der Waals surface area contributed by atoms with Gasteiger partial charge in [0.15, 0.2) is 0 Å². The summed E-state index contributed by atoms with van der Waals surface area (Å²) < 4.78 is 26.3. The van der Waals surface area contributed by atoms with Crippen LogP contribution in [0.4, 0.5) is 8.78 Å². The van der Waals surface area contributed by atoms with Crippen molar-refractivity contribution in [3.63, 3.8) is 0 Å². The topological polar surface area (TPSA) is 49.3 Å². The summed E-state index contributed by atoms with van der Waals surface area (Å²) in [4.78, 5) is 11.7. The fraction of sp³-hybridized carbons (Fsp3) is 0.500. The zero-order chi connectivity index (χ0) is 14.6. The Morgan fingerprint density at radius 2 is 2.05 bits per heavy atom. The van der Waals surface area contributed by atoms with Gasteiger partial charge in [-0.25, -0.2) is 8.78 Å². The van der Waals surface area contributed by atoms with Crippen LogP contribution in [0.1, 0.15) is 37.6 Å². The van der Waals surface area contributed by atoms with Gasteiger partial charge in [0.05, 0.1) is 11.2 Å². The molecule has 2 N–H and O–H groups in total. The molecule has 1 amide bonds. The molecule has 0 bridgehead atoms. The molecular weight excluding hydrogens is 252 g/mol. The number of halogens is 2. The van der Waals surface area contributed by atoms with Crippen molar-refractivity contribution >= 4 is 5.91 Å². The van der Waals surface area contributed by atoms with Crippen molar-refractivity contribution in [2.45, 2.75) is 32.8 Å². The van der Waals surface area contributed by atoms with E-state index in [9.17, 15) is 18.7 Å². The molecule has 1 rings (SSSR count). The van der Waals surface area contributed by atoms with E-state index in [1.165, 1.54) is 0 Å². The number of hydrogen-bond donors (Lipinski definition) is 2. The maximum Gasteiger partial charge on any atom is 0.254 e. The first-order chi connectivity index (χ1) is 8.71. The van der Waals surface area contributed by atoms with Gasteiger partial charge in [0.25, 0.3) is 5.91 Å². The highest BCUT2D eigenvalue weighted by Gasteiger charge is 2.23. The summed E-state index contributed by atoms with van der Waals surface area (Å²) in [5, 5.41) is 12.4. The van der Waals surface area contributed by atoms with Crippen molar-refractivity contribution in [3.05, 3.63) is 35.4 Å². The van der Waals surface area contributed by atoms with Crippen LogP contribution in [0.3, 0.4) is 0 Å². The largest absolute Gasteiger partial charge is 0.388 e. The molecule has 19 heavy (non-hydrogen) atoms. The van der Waals surface area contributed by atoms with Crippen LogP contribution in [0.15, 0.2) is 18.2 Å². The van der Waals surface area contributed by atoms with Gasteiger partial charge in [0.1, 0.15) is 11.6 Å². The zero-order valence-electron chi connectivity index (χ0n) is 11.3. The van der Waals surface area contributed by atoms with E-state index in [0.29, 0.717) is 6.42 Å². The molecule has 0 radical (unpaired) electrons. The highest BCUT2D eigenvalue weighted by Crippen LogP contribution is 2.16. The Labute approximate surface area is 111 Å². The molecule has 0 spiro atoms. The van der Waals surface area contributed by atoms with Crippen LogP contribution >= 0.6 is 0 Å². The number of hydrogen-bond acceptors (Lipinski definition) is 2. The Balaban J connectivity index is 2.68. The van der Waals surface area contributed by atoms with E-state index >= 15 is 0 Å². The first-order valence-corrected chi connectivity index (χ1v) is 6.17. The highest BCUT2D eigenvalue weighted by atomic mass is 19.1. The summed E-state index contributed by atoms with van der Waals surface area (Å²) in [6, 6.07) is 2.68. The first-order valence-electron chi connectivity index (χ1n) is 6.17. The second-order valence-electron chi connectivity index (χ2n) is 5.40. The standard InChI is InChI=1S/C14H19F2NO2/c1-9(2)7-14(3,19)8-17-13(18)11-6-10(15)4-5-12(11)16/h4-6,9,19H,7-8H2,1-3H3,(H,17,18). The number of amides is 1. The van der Waals surface area contributed by atoms with Gasteiger partial charge in [-0.15, -0.1) is 0 Å². The van der Waals surface area contributed by atoms with Gasteiger partial charge < -0.3 is 10.4 Å². The third kappa shape index (κ3) is 4.95. The average molecular weight is 271 g/mol. The van der Waals surface area contributed by atoms with E-state index in [2.05, 4.69) is 5.32 Å². The Morgan fingerprint density at radius 3 is 2.63 bits per heavy atom. The lowest BCUT2D eigenvalue weighted by atomic mass is 9.94. The van der Waals surface area contributed by atoms with Crippen molar-refractivity contribution in [1.82, 2.24) is 5.32 Å². The van der Waals surface area contributed by atoms with E-state index in [-0.39, 0.29) is 18.0 Å². The lowest BCUT2D eigenvalue weighted by Gasteiger charge is -2.25. The molecule has 0 aromatic heterocycles. The molecule has 3 nitrogen and oxygen atoms in total. The second-order valence-corrected chi connectivity index (χ2v) is 5.40. The van der Waals surface area contributed by atoms with Crippen molar-refractivity contribution in [1.29, 1.82) is 0 Å². The summed E-state index contributed by atoms with van der Waals surface area (Å²) in [6.45, 7) is 5.47. The van der Waals surface area contributed by atoms with E-state index in [4.69, 9.17) is 0 Å². The molecule has 5 heteroatoms. The van der Waals surface area contributed by atoms with Crippen LogP contribution in [0.5, 0.6) is 0 Å². The molecule has 0 heterocycles. The number of rotatable bonds is 5. The summed E-state index contributed by atoms with van der Waals surface area (Å²) in [6.07, 6.45) is 0.499. The van der Waals surface area contributed by atoms with Crippen LogP contribution in [0, 0.1) is 17.6 Å². The van der Waals surface area contributed by atoms with Crippen molar-refractivity contribution in [2.75, 3.05) is 6.54 Å². The minimum atomic E-state index is -1.08. The van der Waals surface area contributed by atoms with Crippen LogP contribution in [-0.2, 0) is 0 Å². The van der Waals surface area contributed by atoms with E-state index < -0.39 is 23.1 Å². The quantitative estimate of drug-likeness (QED) is 0.864. The fourth-order valence-corrected chi connectivity index (χ4v) is 1.99. The summed E-state index contributed by atoms with van der Waals surface area (Å²) in [5.74, 6) is -1.94. The molecule has 1 atom stereocenters. The number of nitrogens with one attached hydrogen (secondary N) is 1. The number of carbonyl (C=O) groups excluding carboxylic acids is 1. The van der Waals surface area contributed by atoms with Crippen LogP contribution in [0.2, 0.25) is 0 Å². The lowest BCUT2D eigenvalue weighted by molar-refractivity contribution is 0.0367. The number of benzene rings is 1. The van der Waals surface area contributed by atoms with E-state index in [0.717, 1.165) is 18.2 Å². The predicted octanol–water partition coefficient (Wildman–Crippen LogP) is 2.49. The Hall–Kier alpha value is -1.49. The Morgan fingerprint density at radius 1 is 1.42 bits per heavy atom. The molecule has 1 aromatic carbocycles. The molecule has 0 aliphatic heterocycles. The van der Waals surface area contributed by atoms with Gasteiger partial charge in [-0.3, -0.25) is 4.79 Å². The summed E-state index contributed by atoms with van der Waals surface area (Å²) in [5.41, 5.74) is -1.44. The van der Waals surface area contributed by atoms with Crippen molar-refractivity contribution in [3.8, 4) is 0 Å². The second kappa shape index (κ2) is 6.10. The normalized spacial score (nSPS) is 14.3. The SMILES string of the molecule is CC(C)CC(C)(O)CNC(=O)c1cc(F)ccc1F. The summed E-state index contributed by atoms with van der Waals surface area (Å²) in [7, 11) is 0. The summed E-state index contributed by atoms with van der Waals surface area (Å²) >= 11 is 0. The van der Waals surface area contributed by atoms with Gasteiger partial charge in [-0.05, 0) is 37.5 Å². The predicted molar refractivity (Wildman–Crippen MR) is 68.8 cm³/mol. The van der Waals surface area contributed by atoms with Crippen LogP contribution in [0.25, 0.3) is 0 Å².